The van der Waals surface area contributed by atoms with Crippen LogP contribution in [0.3, 0.4) is 0 Å². The molecule has 158 valence electrons. The van der Waals surface area contributed by atoms with Crippen LogP contribution in [-0.2, 0) is 22.7 Å². The van der Waals surface area contributed by atoms with Gasteiger partial charge in [-0.15, -0.1) is 11.3 Å². The number of alkyl halides is 3. The second-order valence-electron chi connectivity index (χ2n) is 6.26. The van der Waals surface area contributed by atoms with E-state index >= 15 is 0 Å². The summed E-state index contributed by atoms with van der Waals surface area (Å²) < 4.78 is 64.8. The number of benzene rings is 2. The number of aryl methyl sites for hydroxylation is 1. The number of carbonyl (C=O) groups excluding carboxylic acids is 1. The Balaban J connectivity index is 1.62. The molecule has 0 spiro atoms. The molecule has 6 nitrogen and oxygen atoms in total. The first-order chi connectivity index (χ1) is 14.0. The molecule has 2 N–H and O–H groups in total. The molecule has 1 heterocycles. The Bertz CT molecular complexity index is 1140. The molecular weight excluding hydrogens is 439 g/mol. The van der Waals surface area contributed by atoms with Gasteiger partial charge in [0.1, 0.15) is 0 Å². The minimum Gasteiger partial charge on any atom is -0.348 e. The van der Waals surface area contributed by atoms with E-state index in [0.29, 0.717) is 10.6 Å². The third-order valence-electron chi connectivity index (χ3n) is 4.02. The summed E-state index contributed by atoms with van der Waals surface area (Å²) in [6.07, 6.45) is -4.42. The molecule has 0 radical (unpaired) electrons. The van der Waals surface area contributed by atoms with Crippen LogP contribution >= 0.6 is 11.3 Å². The monoisotopic (exact) mass is 455 g/mol. The van der Waals surface area contributed by atoms with E-state index in [1.807, 2.05) is 0 Å². The van der Waals surface area contributed by atoms with E-state index in [1.165, 1.54) is 47.7 Å². The smallest absolute Gasteiger partial charge is 0.348 e. The summed E-state index contributed by atoms with van der Waals surface area (Å²) in [4.78, 5) is 16.2. The molecular formula is C19H16F3N3O3S2. The van der Waals surface area contributed by atoms with Crippen molar-refractivity contribution in [3.8, 4) is 0 Å². The lowest BCUT2D eigenvalue weighted by molar-refractivity contribution is -0.137. The largest absolute Gasteiger partial charge is 0.416 e. The fourth-order valence-corrected chi connectivity index (χ4v) is 4.10. The van der Waals surface area contributed by atoms with Crippen LogP contribution in [0, 0.1) is 6.92 Å². The van der Waals surface area contributed by atoms with Gasteiger partial charge in [0.05, 0.1) is 15.5 Å². The Morgan fingerprint density at radius 2 is 1.70 bits per heavy atom. The first-order valence-electron chi connectivity index (χ1n) is 8.54. The lowest BCUT2D eigenvalue weighted by atomic mass is 10.1. The maximum absolute atomic E-state index is 12.6. The predicted molar refractivity (Wildman–Crippen MR) is 107 cm³/mol. The Morgan fingerprint density at radius 1 is 1.07 bits per heavy atom. The minimum atomic E-state index is -4.42. The Morgan fingerprint density at radius 3 is 2.23 bits per heavy atom. The topological polar surface area (TPSA) is 88.2 Å². The van der Waals surface area contributed by atoms with Crippen LogP contribution in [-0.4, -0.2) is 19.3 Å². The molecule has 0 bridgehead atoms. The van der Waals surface area contributed by atoms with Crippen molar-refractivity contribution in [2.75, 3.05) is 4.72 Å². The molecule has 3 rings (SSSR count). The number of halogens is 3. The van der Waals surface area contributed by atoms with E-state index in [2.05, 4.69) is 15.0 Å². The lowest BCUT2D eigenvalue weighted by Crippen LogP contribution is -2.23. The standard InChI is InChI=1S/C19H16F3N3O3S2/c1-12-24-17(11-29-12)25-30(27,28)16-8-4-14(5-9-16)18(26)23-10-13-2-6-15(7-3-13)19(20,21)22/h2-9,11,25H,10H2,1H3,(H,23,26). The van der Waals surface area contributed by atoms with Crippen molar-refractivity contribution >= 4 is 33.1 Å². The third-order valence-corrected chi connectivity index (χ3v) is 6.16. The summed E-state index contributed by atoms with van der Waals surface area (Å²) in [6, 6.07) is 9.72. The van der Waals surface area contributed by atoms with Crippen molar-refractivity contribution in [2.24, 2.45) is 0 Å². The van der Waals surface area contributed by atoms with E-state index in [-0.39, 0.29) is 22.8 Å². The van der Waals surface area contributed by atoms with Crippen LogP contribution in [0.4, 0.5) is 19.0 Å². The van der Waals surface area contributed by atoms with Crippen LogP contribution < -0.4 is 10.0 Å². The second-order valence-corrected chi connectivity index (χ2v) is 9.00. The summed E-state index contributed by atoms with van der Waals surface area (Å²) in [5.41, 5.74) is -0.0561. The number of nitrogens with zero attached hydrogens (tertiary/aromatic N) is 1. The fourth-order valence-electron chi connectivity index (χ4n) is 2.49. The zero-order chi connectivity index (χ0) is 21.9. The SMILES string of the molecule is Cc1nc(NS(=O)(=O)c2ccc(C(=O)NCc3ccc(C(F)(F)F)cc3)cc2)cs1. The molecule has 0 unspecified atom stereocenters. The van der Waals surface area contributed by atoms with Crippen molar-refractivity contribution in [3.05, 3.63) is 75.6 Å². The molecule has 0 saturated carbocycles. The fraction of sp³-hybridized carbons (Fsp3) is 0.158. The quantitative estimate of drug-likeness (QED) is 0.583. The molecule has 30 heavy (non-hydrogen) atoms. The van der Waals surface area contributed by atoms with Crippen molar-refractivity contribution in [1.29, 1.82) is 0 Å². The third kappa shape index (κ3) is 5.36. The maximum atomic E-state index is 12.6. The molecule has 0 fully saturated rings. The van der Waals surface area contributed by atoms with Gasteiger partial charge in [-0.3, -0.25) is 9.52 Å². The zero-order valence-corrected chi connectivity index (χ0v) is 17.2. The van der Waals surface area contributed by atoms with Crippen LogP contribution in [0.2, 0.25) is 0 Å². The number of sulfonamides is 1. The van der Waals surface area contributed by atoms with E-state index in [0.717, 1.165) is 12.1 Å². The van der Waals surface area contributed by atoms with Crippen LogP contribution in [0.1, 0.15) is 26.5 Å². The average molecular weight is 455 g/mol. The van der Waals surface area contributed by atoms with Gasteiger partial charge in [-0.25, -0.2) is 13.4 Å². The Labute approximate surface area is 174 Å². The summed E-state index contributed by atoms with van der Waals surface area (Å²) >= 11 is 1.31. The van der Waals surface area contributed by atoms with Crippen molar-refractivity contribution in [2.45, 2.75) is 24.5 Å². The molecule has 3 aromatic rings. The molecule has 1 aromatic heterocycles. The van der Waals surface area contributed by atoms with Gasteiger partial charge in [0.2, 0.25) is 0 Å². The summed E-state index contributed by atoms with van der Waals surface area (Å²) in [5, 5.41) is 4.88. The van der Waals surface area contributed by atoms with Gasteiger partial charge < -0.3 is 5.32 Å². The number of nitrogens with one attached hydrogen (secondary N) is 2. The minimum absolute atomic E-state index is 0.0295. The highest BCUT2D eigenvalue weighted by molar-refractivity contribution is 7.92. The number of carbonyl (C=O) groups is 1. The van der Waals surface area contributed by atoms with Gasteiger partial charge in [-0.2, -0.15) is 13.2 Å². The van der Waals surface area contributed by atoms with Gasteiger partial charge in [0.15, 0.2) is 5.82 Å². The highest BCUT2D eigenvalue weighted by atomic mass is 32.2. The summed E-state index contributed by atoms with van der Waals surface area (Å²) in [5.74, 6) is -0.266. The number of amides is 1. The van der Waals surface area contributed by atoms with Crippen molar-refractivity contribution in [3.63, 3.8) is 0 Å². The van der Waals surface area contributed by atoms with Gasteiger partial charge in [0.25, 0.3) is 15.9 Å². The van der Waals surface area contributed by atoms with E-state index in [4.69, 9.17) is 0 Å². The van der Waals surface area contributed by atoms with Gasteiger partial charge in [-0.05, 0) is 48.9 Å². The first-order valence-corrected chi connectivity index (χ1v) is 10.9. The van der Waals surface area contributed by atoms with Crippen LogP contribution in [0.5, 0.6) is 0 Å². The molecule has 0 aliphatic carbocycles. The van der Waals surface area contributed by atoms with Gasteiger partial charge in [0, 0.05) is 17.5 Å². The lowest BCUT2D eigenvalue weighted by Gasteiger charge is -2.09. The number of thiazole rings is 1. The van der Waals surface area contributed by atoms with E-state index < -0.39 is 27.7 Å². The number of hydrogen-bond acceptors (Lipinski definition) is 5. The second kappa shape index (κ2) is 8.44. The van der Waals surface area contributed by atoms with E-state index in [9.17, 15) is 26.4 Å². The molecule has 0 atom stereocenters. The van der Waals surface area contributed by atoms with Crippen LogP contribution in [0.15, 0.2) is 58.8 Å². The number of hydrogen-bond donors (Lipinski definition) is 2. The van der Waals surface area contributed by atoms with Gasteiger partial charge in [-0.1, -0.05) is 12.1 Å². The molecule has 0 aliphatic rings. The molecule has 0 aliphatic heterocycles. The van der Waals surface area contributed by atoms with Crippen LogP contribution in [0.25, 0.3) is 0 Å². The normalized spacial score (nSPS) is 11.9. The maximum Gasteiger partial charge on any atom is 0.416 e. The highest BCUT2D eigenvalue weighted by Crippen LogP contribution is 2.29. The molecule has 11 heteroatoms. The summed E-state index contributed by atoms with van der Waals surface area (Å²) in [7, 11) is -3.84. The summed E-state index contributed by atoms with van der Waals surface area (Å²) in [6.45, 7) is 1.78. The number of anilines is 1. The zero-order valence-electron chi connectivity index (χ0n) is 15.5. The van der Waals surface area contributed by atoms with Crippen molar-refractivity contribution in [1.82, 2.24) is 10.3 Å². The first kappa shape index (κ1) is 21.8. The predicted octanol–water partition coefficient (Wildman–Crippen LogP) is 4.20. The molecule has 1 amide bonds. The highest BCUT2D eigenvalue weighted by Gasteiger charge is 2.29. The molecule has 2 aromatic carbocycles. The number of rotatable bonds is 6. The molecule has 0 saturated heterocycles. The average Bonchev–Trinajstić information content (AvgIpc) is 3.09. The Hall–Kier alpha value is -2.92. The van der Waals surface area contributed by atoms with Crippen molar-refractivity contribution < 1.29 is 26.4 Å². The Kier molecular flexibility index (Phi) is 6.13. The number of aromatic nitrogens is 1. The van der Waals surface area contributed by atoms with E-state index in [1.54, 1.807) is 12.3 Å². The van der Waals surface area contributed by atoms with Gasteiger partial charge >= 0.3 is 6.18 Å².